The van der Waals surface area contributed by atoms with Crippen LogP contribution in [0.15, 0.2) is 76.9 Å². The molecule has 8 heteroatoms. The van der Waals surface area contributed by atoms with Crippen molar-refractivity contribution in [3.8, 4) is 33.9 Å². The van der Waals surface area contributed by atoms with Crippen molar-refractivity contribution >= 4 is 5.71 Å². The Balaban J connectivity index is 1.19. The third kappa shape index (κ3) is 6.36. The number of aliphatic imine (C=N–C) groups is 1. The van der Waals surface area contributed by atoms with Gasteiger partial charge in [0.1, 0.15) is 6.23 Å². The second-order valence-electron chi connectivity index (χ2n) is 13.6. The third-order valence-corrected chi connectivity index (χ3v) is 10.3. The van der Waals surface area contributed by atoms with Crippen LogP contribution in [-0.4, -0.2) is 44.9 Å². The van der Waals surface area contributed by atoms with Gasteiger partial charge in [0.15, 0.2) is 6.23 Å². The molecule has 0 spiro atoms. The lowest BCUT2D eigenvalue weighted by atomic mass is 9.91. The second-order valence-corrected chi connectivity index (χ2v) is 13.6. The average molecular weight is 643 g/mol. The van der Waals surface area contributed by atoms with E-state index in [1.54, 1.807) is 0 Å². The topological polar surface area (TPSA) is 100 Å². The van der Waals surface area contributed by atoms with Crippen LogP contribution in [0.3, 0.4) is 0 Å². The Morgan fingerprint density at radius 3 is 2.17 bits per heavy atom. The van der Waals surface area contributed by atoms with Gasteiger partial charge in [-0.3, -0.25) is 4.99 Å². The molecule has 48 heavy (non-hydrogen) atoms. The third-order valence-electron chi connectivity index (χ3n) is 10.3. The number of rotatable bonds is 7. The molecule has 5 heterocycles. The first-order chi connectivity index (χ1) is 23.7. The number of benzene rings is 1. The van der Waals surface area contributed by atoms with Gasteiger partial charge in [0.2, 0.25) is 0 Å². The highest BCUT2D eigenvalue weighted by molar-refractivity contribution is 6.12. The molecule has 0 saturated carbocycles. The van der Waals surface area contributed by atoms with E-state index < -0.39 is 0 Å². The summed E-state index contributed by atoms with van der Waals surface area (Å²) in [7, 11) is 0. The number of nitrogens with two attached hydrogens (primary N) is 1. The Bertz CT molecular complexity index is 1830. The van der Waals surface area contributed by atoms with Gasteiger partial charge < -0.3 is 15.2 Å². The van der Waals surface area contributed by atoms with Crippen molar-refractivity contribution in [2.24, 2.45) is 10.7 Å². The van der Waals surface area contributed by atoms with E-state index >= 15 is 0 Å². The lowest BCUT2D eigenvalue weighted by molar-refractivity contribution is -0.0386. The van der Waals surface area contributed by atoms with E-state index in [9.17, 15) is 0 Å². The minimum absolute atomic E-state index is 0.0350. The normalized spacial score (nSPS) is 22.0. The monoisotopic (exact) mass is 642 g/mol. The van der Waals surface area contributed by atoms with Crippen molar-refractivity contribution in [2.75, 3.05) is 13.2 Å². The molecule has 2 unspecified atom stereocenters. The summed E-state index contributed by atoms with van der Waals surface area (Å²) in [6.45, 7) is 1.53. The van der Waals surface area contributed by atoms with Gasteiger partial charge >= 0.3 is 0 Å². The summed E-state index contributed by atoms with van der Waals surface area (Å²) >= 11 is 0. The highest BCUT2D eigenvalue weighted by Gasteiger charge is 2.28. The van der Waals surface area contributed by atoms with Gasteiger partial charge in [-0.05, 0) is 120 Å². The van der Waals surface area contributed by atoms with Gasteiger partial charge in [-0.1, -0.05) is 36.4 Å². The van der Waals surface area contributed by atoms with Crippen LogP contribution in [0.4, 0.5) is 0 Å². The van der Waals surface area contributed by atoms with Crippen molar-refractivity contribution in [3.05, 3.63) is 88.9 Å². The Labute approximate surface area is 283 Å². The van der Waals surface area contributed by atoms with Crippen LogP contribution in [0.25, 0.3) is 33.9 Å². The molecule has 2 N–H and O–H groups in total. The summed E-state index contributed by atoms with van der Waals surface area (Å²) < 4.78 is 14.5. The van der Waals surface area contributed by atoms with Crippen molar-refractivity contribution in [2.45, 2.75) is 102 Å². The molecule has 8 rings (SSSR count). The van der Waals surface area contributed by atoms with Crippen molar-refractivity contribution in [1.82, 2.24) is 19.7 Å². The van der Waals surface area contributed by atoms with Crippen LogP contribution in [0.1, 0.15) is 100 Å². The molecule has 0 radical (unpaired) electrons. The number of allylic oxidation sites excluding steroid dienone is 2. The maximum Gasteiger partial charge on any atom is 0.150 e. The zero-order chi connectivity index (χ0) is 32.3. The van der Waals surface area contributed by atoms with E-state index in [1.807, 2.05) is 0 Å². The lowest BCUT2D eigenvalue weighted by Crippen LogP contribution is -2.23. The van der Waals surface area contributed by atoms with Gasteiger partial charge in [-0.2, -0.15) is 5.10 Å². The fourth-order valence-corrected chi connectivity index (χ4v) is 7.80. The number of fused-ring (bicyclic) bond motifs is 1. The highest BCUT2D eigenvalue weighted by Crippen LogP contribution is 2.38. The van der Waals surface area contributed by atoms with Crippen LogP contribution in [0.5, 0.6) is 0 Å². The van der Waals surface area contributed by atoms with Crippen molar-refractivity contribution < 1.29 is 9.47 Å². The quantitative estimate of drug-likeness (QED) is 0.203. The van der Waals surface area contributed by atoms with Crippen LogP contribution < -0.4 is 5.73 Å². The first kappa shape index (κ1) is 31.1. The summed E-state index contributed by atoms with van der Waals surface area (Å²) in [5, 5.41) is 5.14. The van der Waals surface area contributed by atoms with E-state index in [2.05, 4.69) is 65.3 Å². The van der Waals surface area contributed by atoms with Gasteiger partial charge in [0, 0.05) is 35.6 Å². The number of nitrogens with zero attached hydrogens (tertiary/aromatic N) is 5. The second kappa shape index (κ2) is 14.1. The number of aryl methyl sites for hydroxylation is 1. The summed E-state index contributed by atoms with van der Waals surface area (Å²) in [4.78, 5) is 15.8. The van der Waals surface area contributed by atoms with E-state index in [0.29, 0.717) is 0 Å². The van der Waals surface area contributed by atoms with Gasteiger partial charge in [0.05, 0.1) is 39.9 Å². The average Bonchev–Trinajstić information content (AvgIpc) is 3.55. The van der Waals surface area contributed by atoms with E-state index in [-0.39, 0.29) is 12.5 Å². The molecule has 3 aromatic heterocycles. The smallest absolute Gasteiger partial charge is 0.150 e. The largest absolute Gasteiger partial charge is 0.402 e. The minimum atomic E-state index is -0.154. The van der Waals surface area contributed by atoms with Crippen LogP contribution in [0.2, 0.25) is 0 Å². The zero-order valence-electron chi connectivity index (χ0n) is 27.9. The number of ether oxygens (including phenoxy) is 2. The van der Waals surface area contributed by atoms with Gasteiger partial charge in [0.25, 0.3) is 0 Å². The molecule has 0 bridgehead atoms. The fraction of sp³-hybridized carbons (Fsp3) is 0.450. The molecule has 4 aromatic rings. The Hall–Kier alpha value is -4.14. The lowest BCUT2D eigenvalue weighted by Gasteiger charge is -2.25. The van der Waals surface area contributed by atoms with Crippen molar-refractivity contribution in [1.29, 1.82) is 0 Å². The summed E-state index contributed by atoms with van der Waals surface area (Å²) in [5.41, 5.74) is 19.0. The predicted molar refractivity (Wildman–Crippen MR) is 189 cm³/mol. The van der Waals surface area contributed by atoms with Crippen LogP contribution in [-0.2, 0) is 22.3 Å². The molecule has 0 amide bonds. The zero-order valence-corrected chi connectivity index (χ0v) is 27.9. The molecule has 2 aliphatic carbocycles. The van der Waals surface area contributed by atoms with E-state index in [1.165, 1.54) is 24.1 Å². The molecule has 2 fully saturated rings. The Kier molecular flexibility index (Phi) is 9.18. The SMILES string of the molecule is NC1=C(C(=NC2CCCCO2)c2cccc(-c3ccccc3-c3cccc(-c4c5c(nn4C4CCCCO4)CCCC5)n3)n2)CCCC1. The Morgan fingerprint density at radius 1 is 0.688 bits per heavy atom. The molecule has 2 aliphatic heterocycles. The maximum atomic E-state index is 6.63. The van der Waals surface area contributed by atoms with Crippen LogP contribution >= 0.6 is 0 Å². The number of pyridine rings is 2. The summed E-state index contributed by atoms with van der Waals surface area (Å²) in [6, 6.07) is 21.1. The number of hydrogen-bond donors (Lipinski definition) is 1. The molecular formula is C40H46N6O2. The van der Waals surface area contributed by atoms with E-state index in [4.69, 9.17) is 35.3 Å². The summed E-state index contributed by atoms with van der Waals surface area (Å²) in [6.07, 6.45) is 14.7. The molecule has 8 nitrogen and oxygen atoms in total. The first-order valence-electron chi connectivity index (χ1n) is 18.2. The molecular weight excluding hydrogens is 596 g/mol. The maximum absolute atomic E-state index is 6.63. The van der Waals surface area contributed by atoms with Gasteiger partial charge in [-0.15, -0.1) is 0 Å². The predicted octanol–water partition coefficient (Wildman–Crippen LogP) is 8.35. The minimum Gasteiger partial charge on any atom is -0.402 e. The standard InChI is InChI=1S/C40H46N6O2/c41-31-17-5-3-15-29(31)39(44-37-23-7-9-25-47-37)35-21-11-19-32(42-35)27-13-1-2-14-28(27)33-20-12-22-36(43-33)40-30-16-4-6-18-34(30)45-46(40)38-24-8-10-26-48-38/h1-2,11-14,19-22,37-38H,3-10,15-18,23-26,41H2. The van der Waals surface area contributed by atoms with Gasteiger partial charge in [-0.25, -0.2) is 14.6 Å². The van der Waals surface area contributed by atoms with Crippen LogP contribution in [0, 0.1) is 0 Å². The molecule has 1 aromatic carbocycles. The highest BCUT2D eigenvalue weighted by atomic mass is 16.5. The number of hydrogen-bond acceptors (Lipinski definition) is 7. The van der Waals surface area contributed by atoms with E-state index in [0.717, 1.165) is 147 Å². The molecule has 2 atom stereocenters. The fourth-order valence-electron chi connectivity index (χ4n) is 7.80. The molecule has 4 aliphatic rings. The first-order valence-corrected chi connectivity index (χ1v) is 18.2. The molecule has 2 saturated heterocycles. The number of aromatic nitrogens is 4. The molecule has 248 valence electrons. The van der Waals surface area contributed by atoms with Crippen molar-refractivity contribution in [3.63, 3.8) is 0 Å². The summed E-state index contributed by atoms with van der Waals surface area (Å²) in [5.74, 6) is 0. The Morgan fingerprint density at radius 2 is 1.40 bits per heavy atom.